The van der Waals surface area contributed by atoms with Crippen molar-refractivity contribution in [2.24, 2.45) is 0 Å². The number of hydrogen-bond acceptors (Lipinski definition) is 4. The van der Waals surface area contributed by atoms with E-state index < -0.39 is 0 Å². The highest BCUT2D eigenvalue weighted by Gasteiger charge is 2.06. The van der Waals surface area contributed by atoms with Crippen molar-refractivity contribution in [3.63, 3.8) is 0 Å². The first-order valence-electron chi connectivity index (χ1n) is 6.74. The van der Waals surface area contributed by atoms with Gasteiger partial charge in [-0.05, 0) is 48.8 Å². The van der Waals surface area contributed by atoms with Gasteiger partial charge in [-0.2, -0.15) is 0 Å². The number of hydrogen-bond donors (Lipinski definition) is 2. The van der Waals surface area contributed by atoms with Gasteiger partial charge in [-0.15, -0.1) is 11.3 Å². The van der Waals surface area contributed by atoms with Crippen LogP contribution in [0.5, 0.6) is 5.75 Å². The lowest BCUT2D eigenvalue weighted by Gasteiger charge is -2.12. The van der Waals surface area contributed by atoms with Gasteiger partial charge in [-0.3, -0.25) is 10.1 Å². The molecule has 2 rings (SSSR count). The minimum absolute atomic E-state index is 0.230. The molecule has 1 aromatic heterocycles. The first-order valence-corrected chi connectivity index (χ1v) is 8.03. The molecule has 0 radical (unpaired) electrons. The van der Waals surface area contributed by atoms with Gasteiger partial charge in [0.25, 0.3) is 0 Å². The van der Waals surface area contributed by atoms with Crippen molar-refractivity contribution in [3.05, 3.63) is 52.7 Å². The number of amides is 1. The standard InChI is InChI=1S/C16H16N2O2S2/c1-2-20-14-8-4-3-7-13(14)17-16(21)18-15(19)10-9-12-6-5-11-22-12/h3-11H,2H2,1H3,(H2,17,18,19,21). The Labute approximate surface area is 138 Å². The molecule has 1 heterocycles. The largest absolute Gasteiger partial charge is 0.492 e. The molecule has 0 unspecified atom stereocenters. The predicted octanol–water partition coefficient (Wildman–Crippen LogP) is 3.67. The summed E-state index contributed by atoms with van der Waals surface area (Å²) in [6.45, 7) is 2.47. The number of carbonyl (C=O) groups excluding carboxylic acids is 1. The second-order valence-electron chi connectivity index (χ2n) is 4.22. The van der Waals surface area contributed by atoms with E-state index in [1.54, 1.807) is 17.4 Å². The zero-order chi connectivity index (χ0) is 15.8. The van der Waals surface area contributed by atoms with Crippen LogP contribution in [0.4, 0.5) is 5.69 Å². The molecule has 0 saturated carbocycles. The Balaban J connectivity index is 1.91. The second kappa shape index (κ2) is 8.31. The zero-order valence-electron chi connectivity index (χ0n) is 12.0. The van der Waals surface area contributed by atoms with Crippen LogP contribution in [0, 0.1) is 0 Å². The number of para-hydroxylation sites is 2. The molecule has 2 N–H and O–H groups in total. The summed E-state index contributed by atoms with van der Waals surface area (Å²) in [6.07, 6.45) is 3.20. The van der Waals surface area contributed by atoms with E-state index >= 15 is 0 Å². The van der Waals surface area contributed by atoms with Crippen molar-refractivity contribution >= 4 is 46.3 Å². The summed E-state index contributed by atoms with van der Waals surface area (Å²) in [5, 5.41) is 7.75. The zero-order valence-corrected chi connectivity index (χ0v) is 13.7. The van der Waals surface area contributed by atoms with Crippen molar-refractivity contribution in [1.29, 1.82) is 0 Å². The van der Waals surface area contributed by atoms with E-state index in [1.807, 2.05) is 48.7 Å². The number of anilines is 1. The lowest BCUT2D eigenvalue weighted by Crippen LogP contribution is -2.32. The van der Waals surface area contributed by atoms with Crippen LogP contribution in [-0.4, -0.2) is 17.6 Å². The fourth-order valence-electron chi connectivity index (χ4n) is 1.70. The second-order valence-corrected chi connectivity index (χ2v) is 5.61. The molecule has 0 saturated heterocycles. The third-order valence-corrected chi connectivity index (χ3v) is 3.66. The number of benzene rings is 1. The molecule has 22 heavy (non-hydrogen) atoms. The third kappa shape index (κ3) is 4.98. The first-order chi connectivity index (χ1) is 10.7. The van der Waals surface area contributed by atoms with Crippen LogP contribution in [0.25, 0.3) is 6.08 Å². The molecule has 114 valence electrons. The highest BCUT2D eigenvalue weighted by molar-refractivity contribution is 7.80. The number of thiocarbonyl (C=S) groups is 1. The van der Waals surface area contributed by atoms with Gasteiger partial charge < -0.3 is 10.1 Å². The van der Waals surface area contributed by atoms with E-state index in [0.29, 0.717) is 12.4 Å². The Hall–Kier alpha value is -2.18. The number of nitrogens with one attached hydrogen (secondary N) is 2. The Bertz CT molecular complexity index is 667. The van der Waals surface area contributed by atoms with Crippen molar-refractivity contribution in [2.45, 2.75) is 6.92 Å². The molecule has 0 aliphatic carbocycles. The van der Waals surface area contributed by atoms with Gasteiger partial charge in [-0.25, -0.2) is 0 Å². The Morgan fingerprint density at radius 1 is 1.32 bits per heavy atom. The van der Waals surface area contributed by atoms with Crippen LogP contribution < -0.4 is 15.4 Å². The van der Waals surface area contributed by atoms with Crippen LogP contribution in [0.15, 0.2) is 47.9 Å². The summed E-state index contributed by atoms with van der Waals surface area (Å²) >= 11 is 6.70. The molecule has 0 aliphatic heterocycles. The maximum absolute atomic E-state index is 11.8. The van der Waals surface area contributed by atoms with Crippen LogP contribution in [0.2, 0.25) is 0 Å². The van der Waals surface area contributed by atoms with Gasteiger partial charge >= 0.3 is 0 Å². The SMILES string of the molecule is CCOc1ccccc1NC(=S)NC(=O)C=Cc1cccs1. The van der Waals surface area contributed by atoms with Crippen LogP contribution in [0.3, 0.4) is 0 Å². The molecule has 1 aromatic carbocycles. The van der Waals surface area contributed by atoms with Crippen LogP contribution in [-0.2, 0) is 4.79 Å². The van der Waals surface area contributed by atoms with Gasteiger partial charge in [-0.1, -0.05) is 18.2 Å². The summed E-state index contributed by atoms with van der Waals surface area (Å²) < 4.78 is 5.49. The molecule has 4 nitrogen and oxygen atoms in total. The Morgan fingerprint density at radius 3 is 2.86 bits per heavy atom. The summed E-state index contributed by atoms with van der Waals surface area (Å²) in [5.41, 5.74) is 0.719. The van der Waals surface area contributed by atoms with E-state index in [1.165, 1.54) is 6.08 Å². The fourth-order valence-corrected chi connectivity index (χ4v) is 2.53. The normalized spacial score (nSPS) is 10.4. The van der Waals surface area contributed by atoms with Gasteiger partial charge in [0.05, 0.1) is 12.3 Å². The van der Waals surface area contributed by atoms with Crippen LogP contribution in [0.1, 0.15) is 11.8 Å². The summed E-state index contributed by atoms with van der Waals surface area (Å²) in [5.74, 6) is 0.413. The highest BCUT2D eigenvalue weighted by atomic mass is 32.1. The quantitative estimate of drug-likeness (QED) is 0.648. The molecular formula is C16H16N2O2S2. The van der Waals surface area contributed by atoms with E-state index in [4.69, 9.17) is 17.0 Å². The molecule has 2 aromatic rings. The maximum Gasteiger partial charge on any atom is 0.250 e. The summed E-state index contributed by atoms with van der Waals surface area (Å²) in [6, 6.07) is 11.3. The molecule has 0 atom stereocenters. The molecule has 1 amide bonds. The number of ether oxygens (including phenoxy) is 1. The summed E-state index contributed by atoms with van der Waals surface area (Å²) in [7, 11) is 0. The fraction of sp³-hybridized carbons (Fsp3) is 0.125. The topological polar surface area (TPSA) is 50.4 Å². The molecule has 6 heteroatoms. The smallest absolute Gasteiger partial charge is 0.250 e. The minimum atomic E-state index is -0.278. The Kier molecular flexibility index (Phi) is 6.12. The van der Waals surface area contributed by atoms with Gasteiger partial charge in [0, 0.05) is 11.0 Å². The van der Waals surface area contributed by atoms with E-state index in [2.05, 4.69) is 10.6 Å². The van der Waals surface area contributed by atoms with Crippen molar-refractivity contribution < 1.29 is 9.53 Å². The first kappa shape index (κ1) is 16.2. The third-order valence-electron chi connectivity index (χ3n) is 2.61. The lowest BCUT2D eigenvalue weighted by molar-refractivity contribution is -0.115. The van der Waals surface area contributed by atoms with Gasteiger partial charge in [0.2, 0.25) is 5.91 Å². The van der Waals surface area contributed by atoms with Crippen molar-refractivity contribution in [3.8, 4) is 5.75 Å². The van der Waals surface area contributed by atoms with Crippen molar-refractivity contribution in [1.82, 2.24) is 5.32 Å². The lowest BCUT2D eigenvalue weighted by atomic mass is 10.3. The highest BCUT2D eigenvalue weighted by Crippen LogP contribution is 2.23. The number of rotatable bonds is 5. The van der Waals surface area contributed by atoms with E-state index in [-0.39, 0.29) is 11.0 Å². The van der Waals surface area contributed by atoms with Gasteiger partial charge in [0.15, 0.2) is 5.11 Å². The van der Waals surface area contributed by atoms with E-state index in [9.17, 15) is 4.79 Å². The average molecular weight is 332 g/mol. The van der Waals surface area contributed by atoms with Gasteiger partial charge in [0.1, 0.15) is 5.75 Å². The Morgan fingerprint density at radius 2 is 2.14 bits per heavy atom. The summed E-state index contributed by atoms with van der Waals surface area (Å²) in [4.78, 5) is 12.8. The average Bonchev–Trinajstić information content (AvgIpc) is 3.01. The monoisotopic (exact) mass is 332 g/mol. The molecule has 0 fully saturated rings. The van der Waals surface area contributed by atoms with Crippen LogP contribution >= 0.6 is 23.6 Å². The van der Waals surface area contributed by atoms with E-state index in [0.717, 1.165) is 10.6 Å². The number of thiophene rings is 1. The minimum Gasteiger partial charge on any atom is -0.492 e. The maximum atomic E-state index is 11.8. The molecular weight excluding hydrogens is 316 g/mol. The molecule has 0 bridgehead atoms. The number of carbonyl (C=O) groups is 1. The molecule has 0 aliphatic rings. The predicted molar refractivity (Wildman–Crippen MR) is 95.3 cm³/mol. The van der Waals surface area contributed by atoms with Crippen molar-refractivity contribution in [2.75, 3.05) is 11.9 Å². The molecule has 0 spiro atoms.